The molecular weight excluding hydrogens is 396 g/mol. The van der Waals surface area contributed by atoms with Crippen LogP contribution >= 0.6 is 0 Å². The number of rotatable bonds is 2. The maximum absolute atomic E-state index is 14.0. The Morgan fingerprint density at radius 1 is 0.531 bits per heavy atom. The van der Waals surface area contributed by atoms with E-state index in [1.165, 1.54) is 38.5 Å². The van der Waals surface area contributed by atoms with Crippen LogP contribution < -0.4 is 0 Å². The third-order valence-corrected chi connectivity index (χ3v) is 11.5. The summed E-state index contributed by atoms with van der Waals surface area (Å²) in [4.78, 5) is 32.5. The van der Waals surface area contributed by atoms with Crippen LogP contribution in [0.15, 0.2) is 0 Å². The van der Waals surface area contributed by atoms with Crippen molar-refractivity contribution in [3.63, 3.8) is 0 Å². The fourth-order valence-corrected chi connectivity index (χ4v) is 11.0. The van der Waals surface area contributed by atoms with Gasteiger partial charge in [-0.1, -0.05) is 0 Å². The Kier molecular flexibility index (Phi) is 4.29. The molecule has 9 rings (SSSR count). The summed E-state index contributed by atoms with van der Waals surface area (Å²) in [6, 6.07) is 0.314. The maximum atomic E-state index is 14.0. The highest BCUT2D eigenvalue weighted by atomic mass is 16.2. The zero-order valence-electron chi connectivity index (χ0n) is 20.2. The van der Waals surface area contributed by atoms with E-state index >= 15 is 0 Å². The molecule has 0 spiro atoms. The van der Waals surface area contributed by atoms with E-state index < -0.39 is 0 Å². The van der Waals surface area contributed by atoms with Crippen molar-refractivity contribution in [2.24, 2.45) is 46.3 Å². The minimum absolute atomic E-state index is 0.0607. The summed E-state index contributed by atoms with van der Waals surface area (Å²) >= 11 is 0. The van der Waals surface area contributed by atoms with E-state index in [9.17, 15) is 9.59 Å². The molecule has 9 aliphatic rings. The summed E-state index contributed by atoms with van der Waals surface area (Å²) < 4.78 is 0. The number of nitrogens with zero attached hydrogens (tertiary/aromatic N) is 2. The second-order valence-corrected chi connectivity index (χ2v) is 14.0. The molecule has 2 atom stereocenters. The van der Waals surface area contributed by atoms with Crippen LogP contribution in [0.5, 0.6) is 0 Å². The van der Waals surface area contributed by atoms with Crippen molar-refractivity contribution in [1.82, 2.24) is 9.80 Å². The van der Waals surface area contributed by atoms with E-state index in [1.54, 1.807) is 0 Å². The van der Waals surface area contributed by atoms with Crippen LogP contribution in [-0.2, 0) is 9.59 Å². The normalized spacial score (nSPS) is 53.2. The molecule has 1 saturated heterocycles. The van der Waals surface area contributed by atoms with E-state index in [1.807, 2.05) is 0 Å². The largest absolute Gasteiger partial charge is 0.336 e. The number of amides is 2. The Bertz CT molecular complexity index is 695. The van der Waals surface area contributed by atoms with Gasteiger partial charge in [0.15, 0.2) is 0 Å². The molecule has 1 aliphatic heterocycles. The molecule has 9 fully saturated rings. The van der Waals surface area contributed by atoms with Crippen molar-refractivity contribution >= 4 is 11.8 Å². The van der Waals surface area contributed by atoms with Gasteiger partial charge in [-0.25, -0.2) is 0 Å². The van der Waals surface area contributed by atoms with Gasteiger partial charge in [-0.3, -0.25) is 9.59 Å². The lowest BCUT2D eigenvalue weighted by molar-refractivity contribution is -0.172. The van der Waals surface area contributed by atoms with Gasteiger partial charge in [-0.15, -0.1) is 0 Å². The number of hydrogen-bond acceptors (Lipinski definition) is 2. The average molecular weight is 439 g/mol. The molecule has 8 aliphatic carbocycles. The summed E-state index contributed by atoms with van der Waals surface area (Å²) in [6.45, 7) is 5.92. The van der Waals surface area contributed by atoms with E-state index in [0.717, 1.165) is 87.1 Å². The fraction of sp³-hybridized carbons (Fsp3) is 0.929. The van der Waals surface area contributed by atoms with Crippen LogP contribution in [0, 0.1) is 46.3 Å². The van der Waals surface area contributed by atoms with Crippen LogP contribution in [0.2, 0.25) is 0 Å². The summed E-state index contributed by atoms with van der Waals surface area (Å²) in [5.41, 5.74) is -0.121. The predicted molar refractivity (Wildman–Crippen MR) is 124 cm³/mol. The van der Waals surface area contributed by atoms with Crippen molar-refractivity contribution < 1.29 is 9.59 Å². The molecule has 32 heavy (non-hydrogen) atoms. The lowest BCUT2D eigenvalue weighted by Crippen LogP contribution is -2.66. The number of carbonyl (C=O) groups is 2. The topological polar surface area (TPSA) is 40.6 Å². The maximum Gasteiger partial charge on any atom is 0.229 e. The van der Waals surface area contributed by atoms with Gasteiger partial charge in [0.2, 0.25) is 11.8 Å². The molecule has 1 heterocycles. The molecular formula is C28H42N2O2. The highest BCUT2D eigenvalue weighted by molar-refractivity contribution is 5.86. The predicted octanol–water partition coefficient (Wildman–Crippen LogP) is 4.87. The van der Waals surface area contributed by atoms with Crippen LogP contribution in [0.3, 0.4) is 0 Å². The Hall–Kier alpha value is -1.06. The van der Waals surface area contributed by atoms with Crippen LogP contribution in [0.1, 0.15) is 90.9 Å². The van der Waals surface area contributed by atoms with Crippen LogP contribution in [0.25, 0.3) is 0 Å². The second-order valence-electron chi connectivity index (χ2n) is 14.0. The summed E-state index contributed by atoms with van der Waals surface area (Å²) in [6.07, 6.45) is 15.1. The Morgan fingerprint density at radius 3 is 1.03 bits per heavy atom. The lowest BCUT2D eigenvalue weighted by atomic mass is 9.49. The quantitative estimate of drug-likeness (QED) is 0.617. The molecule has 8 bridgehead atoms. The molecule has 2 amide bonds. The minimum Gasteiger partial charge on any atom is -0.336 e. The molecule has 8 saturated carbocycles. The van der Waals surface area contributed by atoms with Crippen molar-refractivity contribution in [2.75, 3.05) is 13.1 Å². The average Bonchev–Trinajstić information content (AvgIpc) is 2.72. The number of carbonyl (C=O) groups excluding carboxylic acids is 2. The number of piperazine rings is 1. The molecule has 0 N–H and O–H groups in total. The van der Waals surface area contributed by atoms with Gasteiger partial charge < -0.3 is 9.80 Å². The highest BCUT2D eigenvalue weighted by Gasteiger charge is 2.58. The summed E-state index contributed by atoms with van der Waals surface area (Å²) in [7, 11) is 0. The lowest BCUT2D eigenvalue weighted by Gasteiger charge is -2.59. The van der Waals surface area contributed by atoms with Gasteiger partial charge in [-0.2, -0.15) is 0 Å². The number of hydrogen-bond donors (Lipinski definition) is 0. The molecule has 2 unspecified atom stereocenters. The van der Waals surface area contributed by atoms with E-state index in [-0.39, 0.29) is 22.9 Å². The summed E-state index contributed by atoms with van der Waals surface area (Å²) in [5, 5.41) is 0. The monoisotopic (exact) mass is 438 g/mol. The van der Waals surface area contributed by atoms with Gasteiger partial charge in [0.05, 0.1) is 10.8 Å². The van der Waals surface area contributed by atoms with E-state index in [4.69, 9.17) is 0 Å². The van der Waals surface area contributed by atoms with Gasteiger partial charge >= 0.3 is 0 Å². The van der Waals surface area contributed by atoms with Crippen molar-refractivity contribution in [1.29, 1.82) is 0 Å². The molecule has 4 heteroatoms. The molecule has 0 aromatic rings. The SMILES string of the molecule is CC1CN(C(=O)C23CC4CC(CC(C4)C2)C3)C(C)CN1C(=O)C12CC3CC(CC(C3)C1)C2. The first kappa shape index (κ1) is 20.3. The standard InChI is InChI=1S/C28H42N2O2/c1-17-15-30(26(32)28-12-22-6-23(13-28)8-24(7-22)14-28)18(2)16-29(17)25(31)27-9-19-3-20(10-27)5-21(4-19)11-27/h17-24H,3-16H2,1-2H3. The highest BCUT2D eigenvalue weighted by Crippen LogP contribution is 2.62. The Balaban J connectivity index is 1.09. The van der Waals surface area contributed by atoms with E-state index in [0.29, 0.717) is 11.8 Å². The van der Waals surface area contributed by atoms with Gasteiger partial charge in [-0.05, 0) is 126 Å². The second kappa shape index (κ2) is 6.75. The molecule has 0 aromatic carbocycles. The molecule has 0 aromatic heterocycles. The minimum atomic E-state index is -0.0607. The first-order chi connectivity index (χ1) is 15.3. The first-order valence-electron chi connectivity index (χ1n) is 13.9. The van der Waals surface area contributed by atoms with Crippen LogP contribution in [0.4, 0.5) is 0 Å². The van der Waals surface area contributed by atoms with Crippen molar-refractivity contribution in [3.8, 4) is 0 Å². The molecule has 176 valence electrons. The third-order valence-electron chi connectivity index (χ3n) is 11.5. The van der Waals surface area contributed by atoms with Crippen LogP contribution in [-0.4, -0.2) is 46.8 Å². The fourth-order valence-electron chi connectivity index (χ4n) is 11.0. The van der Waals surface area contributed by atoms with Gasteiger partial charge in [0.25, 0.3) is 0 Å². The first-order valence-corrected chi connectivity index (χ1v) is 13.9. The van der Waals surface area contributed by atoms with Crippen molar-refractivity contribution in [2.45, 2.75) is 103 Å². The van der Waals surface area contributed by atoms with Gasteiger partial charge in [0, 0.05) is 25.2 Å². The third kappa shape index (κ3) is 2.86. The zero-order valence-corrected chi connectivity index (χ0v) is 20.2. The smallest absolute Gasteiger partial charge is 0.229 e. The summed E-state index contributed by atoms with van der Waals surface area (Å²) in [5.74, 6) is 5.73. The molecule has 0 radical (unpaired) electrons. The van der Waals surface area contributed by atoms with E-state index in [2.05, 4.69) is 23.6 Å². The van der Waals surface area contributed by atoms with Gasteiger partial charge in [0.1, 0.15) is 0 Å². The van der Waals surface area contributed by atoms with Crippen molar-refractivity contribution in [3.05, 3.63) is 0 Å². The Morgan fingerprint density at radius 2 is 0.781 bits per heavy atom. The zero-order chi connectivity index (χ0) is 21.8. The Labute approximate surface area is 193 Å². The molecule has 4 nitrogen and oxygen atoms in total.